The van der Waals surface area contributed by atoms with Crippen molar-refractivity contribution in [3.8, 4) is 20.9 Å². The monoisotopic (exact) mass is 330 g/mol. The Bertz CT molecular complexity index is 703. The lowest BCUT2D eigenvalue weighted by Gasteiger charge is -2.10. The molecule has 0 unspecified atom stereocenters. The van der Waals surface area contributed by atoms with E-state index in [9.17, 15) is 0 Å². The molecule has 0 aliphatic rings. The third kappa shape index (κ3) is 2.61. The molecular weight excluding hydrogens is 312 g/mol. The van der Waals surface area contributed by atoms with Gasteiger partial charge in [0, 0.05) is 9.75 Å². The van der Waals surface area contributed by atoms with E-state index in [0.717, 1.165) is 20.5 Å². The van der Waals surface area contributed by atoms with Gasteiger partial charge < -0.3 is 0 Å². The SMILES string of the molecule is Cc1cc(-c2ccc([SiH3])s2)c(C)cc1-c1ccc([SiH3])s1. The van der Waals surface area contributed by atoms with Gasteiger partial charge in [-0.15, -0.1) is 22.7 Å². The molecule has 0 N–H and O–H groups in total. The number of hydrogen-bond donors (Lipinski definition) is 0. The molecule has 3 aromatic rings. The molecule has 0 aliphatic heterocycles. The summed E-state index contributed by atoms with van der Waals surface area (Å²) in [4.78, 5) is 2.83. The van der Waals surface area contributed by atoms with Gasteiger partial charge in [-0.05, 0) is 69.4 Å². The first-order valence-electron chi connectivity index (χ1n) is 6.79. The van der Waals surface area contributed by atoms with Crippen LogP contribution in [0.15, 0.2) is 36.4 Å². The van der Waals surface area contributed by atoms with Gasteiger partial charge >= 0.3 is 0 Å². The third-order valence-corrected chi connectivity index (χ3v) is 7.54. The van der Waals surface area contributed by atoms with E-state index in [1.54, 1.807) is 0 Å². The fraction of sp³-hybridized carbons (Fsp3) is 0.125. The maximum Gasteiger partial charge on any atom is 0.0514 e. The topological polar surface area (TPSA) is 0 Å². The van der Waals surface area contributed by atoms with Crippen LogP contribution in [-0.4, -0.2) is 20.5 Å². The second-order valence-corrected chi connectivity index (χ2v) is 11.5. The molecule has 102 valence electrons. The summed E-state index contributed by atoms with van der Waals surface area (Å²) in [5.41, 5.74) is 5.58. The van der Waals surface area contributed by atoms with Gasteiger partial charge in [0.25, 0.3) is 0 Å². The standard InChI is InChI=1S/C16H18S2Si2/c1-9-7-12(14-4-6-16(20)18-14)10(2)8-11(9)13-3-5-15(19)17-13/h3-8H,1-2,19-20H3. The second kappa shape index (κ2) is 5.44. The molecule has 3 rings (SSSR count). The van der Waals surface area contributed by atoms with Crippen LogP contribution in [0.4, 0.5) is 0 Å². The van der Waals surface area contributed by atoms with Crippen LogP contribution in [0.25, 0.3) is 20.9 Å². The minimum atomic E-state index is 1.15. The molecule has 0 spiro atoms. The zero-order chi connectivity index (χ0) is 14.3. The van der Waals surface area contributed by atoms with Gasteiger partial charge in [-0.2, -0.15) is 0 Å². The predicted molar refractivity (Wildman–Crippen MR) is 102 cm³/mol. The Balaban J connectivity index is 2.11. The van der Waals surface area contributed by atoms with Crippen LogP contribution in [0.5, 0.6) is 0 Å². The lowest BCUT2D eigenvalue weighted by Crippen LogP contribution is -1.90. The molecule has 0 saturated heterocycles. The van der Waals surface area contributed by atoms with Crippen molar-refractivity contribution in [2.45, 2.75) is 13.8 Å². The Labute approximate surface area is 134 Å². The number of aryl methyl sites for hydroxylation is 2. The Morgan fingerprint density at radius 3 is 1.40 bits per heavy atom. The molecule has 4 heteroatoms. The Morgan fingerprint density at radius 2 is 1.10 bits per heavy atom. The molecule has 1 aromatic carbocycles. The minimum absolute atomic E-state index is 1.15. The number of rotatable bonds is 2. The summed E-state index contributed by atoms with van der Waals surface area (Å²) < 4.78 is 3.03. The molecule has 0 radical (unpaired) electrons. The summed E-state index contributed by atoms with van der Waals surface area (Å²) in [5, 5.41) is 0. The van der Waals surface area contributed by atoms with E-state index >= 15 is 0 Å². The van der Waals surface area contributed by atoms with Crippen molar-refractivity contribution >= 4 is 52.2 Å². The molecule has 0 saturated carbocycles. The first-order chi connectivity index (χ1) is 9.54. The smallest absolute Gasteiger partial charge is 0.0514 e. The third-order valence-electron chi connectivity index (χ3n) is 3.58. The van der Waals surface area contributed by atoms with Crippen LogP contribution in [-0.2, 0) is 0 Å². The maximum absolute atomic E-state index is 2.37. The quantitative estimate of drug-likeness (QED) is 0.628. The van der Waals surface area contributed by atoms with Crippen LogP contribution in [0.2, 0.25) is 0 Å². The molecule has 0 atom stereocenters. The van der Waals surface area contributed by atoms with Crippen LogP contribution in [0, 0.1) is 13.8 Å². The van der Waals surface area contributed by atoms with Crippen molar-refractivity contribution in [3.63, 3.8) is 0 Å². The molecule has 0 bridgehead atoms. The Morgan fingerprint density at radius 1 is 0.700 bits per heavy atom. The van der Waals surface area contributed by atoms with Crippen molar-refractivity contribution in [2.24, 2.45) is 0 Å². The fourth-order valence-electron chi connectivity index (χ4n) is 2.51. The highest BCUT2D eigenvalue weighted by atomic mass is 32.1. The van der Waals surface area contributed by atoms with Gasteiger partial charge in [0.15, 0.2) is 0 Å². The van der Waals surface area contributed by atoms with Gasteiger partial charge in [0.05, 0.1) is 20.5 Å². The number of benzene rings is 1. The predicted octanol–water partition coefficient (Wildman–Crippen LogP) is 1.74. The number of thiophene rings is 2. The largest absolute Gasteiger partial charge is 0.146 e. The summed E-state index contributed by atoms with van der Waals surface area (Å²) in [7, 11) is 2.29. The average molecular weight is 331 g/mol. The molecule has 2 heterocycles. The first kappa shape index (κ1) is 14.0. The first-order valence-corrected chi connectivity index (χ1v) is 10.4. The van der Waals surface area contributed by atoms with Crippen LogP contribution in [0.3, 0.4) is 0 Å². The van der Waals surface area contributed by atoms with Gasteiger partial charge in [-0.1, -0.05) is 12.1 Å². The molecule has 0 aliphatic carbocycles. The van der Waals surface area contributed by atoms with Crippen molar-refractivity contribution in [2.75, 3.05) is 0 Å². The lowest BCUT2D eigenvalue weighted by atomic mass is 9.98. The molecule has 0 fully saturated rings. The summed E-state index contributed by atoms with van der Waals surface area (Å²) in [6, 6.07) is 13.8. The van der Waals surface area contributed by atoms with Crippen molar-refractivity contribution in [1.29, 1.82) is 0 Å². The van der Waals surface area contributed by atoms with E-state index in [-0.39, 0.29) is 0 Å². The van der Waals surface area contributed by atoms with Crippen LogP contribution in [0.1, 0.15) is 11.1 Å². The minimum Gasteiger partial charge on any atom is -0.146 e. The number of hydrogen-bond acceptors (Lipinski definition) is 2. The maximum atomic E-state index is 2.37. The normalized spacial score (nSPS) is 11.3. The van der Waals surface area contributed by atoms with E-state index in [4.69, 9.17) is 0 Å². The van der Waals surface area contributed by atoms with Gasteiger partial charge in [-0.25, -0.2) is 0 Å². The molecular formula is C16H18S2Si2. The Kier molecular flexibility index (Phi) is 3.81. The zero-order valence-electron chi connectivity index (χ0n) is 12.3. The molecule has 20 heavy (non-hydrogen) atoms. The molecule has 0 nitrogen and oxygen atoms in total. The van der Waals surface area contributed by atoms with Gasteiger partial charge in [0.2, 0.25) is 0 Å². The lowest BCUT2D eigenvalue weighted by molar-refractivity contribution is 1.41. The van der Waals surface area contributed by atoms with Crippen LogP contribution < -0.4 is 9.00 Å². The van der Waals surface area contributed by atoms with E-state index in [2.05, 4.69) is 50.2 Å². The molecule has 0 amide bonds. The highest BCUT2D eigenvalue weighted by Gasteiger charge is 2.10. The van der Waals surface area contributed by atoms with Crippen molar-refractivity contribution < 1.29 is 0 Å². The highest BCUT2D eigenvalue weighted by Crippen LogP contribution is 2.34. The van der Waals surface area contributed by atoms with Crippen LogP contribution >= 0.6 is 22.7 Å². The van der Waals surface area contributed by atoms with Crippen molar-refractivity contribution in [1.82, 2.24) is 0 Å². The average Bonchev–Trinajstić information content (AvgIpc) is 3.00. The second-order valence-electron chi connectivity index (χ2n) is 5.30. The summed E-state index contributed by atoms with van der Waals surface area (Å²) in [6.45, 7) is 4.47. The summed E-state index contributed by atoms with van der Waals surface area (Å²) >= 11 is 3.88. The highest BCUT2D eigenvalue weighted by molar-refractivity contribution is 7.23. The summed E-state index contributed by atoms with van der Waals surface area (Å²) in [5.74, 6) is 0. The fourth-order valence-corrected chi connectivity index (χ4v) is 6.06. The molecule has 2 aromatic heterocycles. The van der Waals surface area contributed by atoms with E-state index < -0.39 is 0 Å². The van der Waals surface area contributed by atoms with Gasteiger partial charge in [0.1, 0.15) is 0 Å². The zero-order valence-corrected chi connectivity index (χ0v) is 17.9. The summed E-state index contributed by atoms with van der Waals surface area (Å²) in [6.07, 6.45) is 0. The van der Waals surface area contributed by atoms with E-state index in [0.29, 0.717) is 0 Å². The van der Waals surface area contributed by atoms with E-state index in [1.807, 2.05) is 22.7 Å². The van der Waals surface area contributed by atoms with Gasteiger partial charge in [-0.3, -0.25) is 0 Å². The Hall–Kier alpha value is -0.946. The van der Waals surface area contributed by atoms with E-state index in [1.165, 1.54) is 41.0 Å². The van der Waals surface area contributed by atoms with Crippen molar-refractivity contribution in [3.05, 3.63) is 47.5 Å².